The van der Waals surface area contributed by atoms with Crippen molar-refractivity contribution in [2.24, 2.45) is 0 Å². The zero-order chi connectivity index (χ0) is 18.7. The summed E-state index contributed by atoms with van der Waals surface area (Å²) in [6.07, 6.45) is 3.14. The SMILES string of the molecule is CC1CC(N(C)c2ncc([N+](=O)[O-])c(N)n2)CCN1Cc1ccccc1. The topological polar surface area (TPSA) is 101 Å². The Hall–Kier alpha value is -2.74. The lowest BCUT2D eigenvalue weighted by atomic mass is 9.96. The van der Waals surface area contributed by atoms with Gasteiger partial charge in [-0.1, -0.05) is 30.3 Å². The van der Waals surface area contributed by atoms with Crippen molar-refractivity contribution < 1.29 is 4.92 Å². The van der Waals surface area contributed by atoms with Crippen LogP contribution in [0.1, 0.15) is 25.3 Å². The Morgan fingerprint density at radius 3 is 2.73 bits per heavy atom. The third kappa shape index (κ3) is 3.91. The molecule has 1 aromatic carbocycles. The van der Waals surface area contributed by atoms with Crippen molar-refractivity contribution in [3.8, 4) is 0 Å². The number of nitrogen functional groups attached to an aromatic ring is 1. The number of nitro groups is 1. The summed E-state index contributed by atoms with van der Waals surface area (Å²) >= 11 is 0. The van der Waals surface area contributed by atoms with Gasteiger partial charge in [0.05, 0.1) is 4.92 Å². The summed E-state index contributed by atoms with van der Waals surface area (Å²) in [5.74, 6) is 0.336. The molecule has 0 aliphatic carbocycles. The third-order valence-corrected chi connectivity index (χ3v) is 5.06. The van der Waals surface area contributed by atoms with E-state index in [4.69, 9.17) is 5.73 Å². The Labute approximate surface area is 152 Å². The number of likely N-dealkylation sites (tertiary alicyclic amines) is 1. The summed E-state index contributed by atoms with van der Waals surface area (Å²) in [4.78, 5) is 23.0. The Morgan fingerprint density at radius 2 is 2.12 bits per heavy atom. The maximum absolute atomic E-state index is 10.9. The number of nitrogens with zero attached hydrogens (tertiary/aromatic N) is 5. The molecule has 2 atom stereocenters. The van der Waals surface area contributed by atoms with Gasteiger partial charge in [0.25, 0.3) is 0 Å². The second-order valence-electron chi connectivity index (χ2n) is 6.79. The van der Waals surface area contributed by atoms with Gasteiger partial charge in [0.1, 0.15) is 6.20 Å². The molecule has 138 valence electrons. The number of aromatic nitrogens is 2. The van der Waals surface area contributed by atoms with Gasteiger partial charge in [-0.05, 0) is 25.3 Å². The van der Waals surface area contributed by atoms with E-state index >= 15 is 0 Å². The standard InChI is InChI=1S/C18H24N6O2/c1-13-10-15(8-9-23(13)12-14-6-4-3-5-7-14)22(2)18-20-11-16(24(25)26)17(19)21-18/h3-7,11,13,15H,8-10,12H2,1-2H3,(H2,19,20,21). The van der Waals surface area contributed by atoms with Gasteiger partial charge in [0, 0.05) is 32.2 Å². The molecule has 2 unspecified atom stereocenters. The van der Waals surface area contributed by atoms with E-state index in [2.05, 4.69) is 46.1 Å². The number of hydrogen-bond donors (Lipinski definition) is 1. The summed E-state index contributed by atoms with van der Waals surface area (Å²) in [7, 11) is 1.92. The molecule has 1 saturated heterocycles. The zero-order valence-corrected chi connectivity index (χ0v) is 15.1. The fraction of sp³-hybridized carbons (Fsp3) is 0.444. The molecule has 0 bridgehead atoms. The van der Waals surface area contributed by atoms with Crippen LogP contribution in [0, 0.1) is 10.1 Å². The molecule has 8 heteroatoms. The van der Waals surface area contributed by atoms with Crippen LogP contribution >= 0.6 is 0 Å². The van der Waals surface area contributed by atoms with Crippen LogP contribution in [0.25, 0.3) is 0 Å². The maximum Gasteiger partial charge on any atom is 0.329 e. The van der Waals surface area contributed by atoms with Gasteiger partial charge in [0.2, 0.25) is 11.8 Å². The number of rotatable bonds is 5. The van der Waals surface area contributed by atoms with Gasteiger partial charge >= 0.3 is 5.69 Å². The monoisotopic (exact) mass is 356 g/mol. The summed E-state index contributed by atoms with van der Waals surface area (Å²) < 4.78 is 0. The third-order valence-electron chi connectivity index (χ3n) is 5.06. The summed E-state index contributed by atoms with van der Waals surface area (Å²) in [6, 6.07) is 11.2. The normalized spacial score (nSPS) is 20.7. The molecular formula is C18H24N6O2. The van der Waals surface area contributed by atoms with Crippen LogP contribution in [-0.2, 0) is 6.54 Å². The first kappa shape index (κ1) is 18.1. The van der Waals surface area contributed by atoms with Crippen molar-refractivity contribution in [2.75, 3.05) is 24.2 Å². The minimum Gasteiger partial charge on any atom is -0.378 e. The van der Waals surface area contributed by atoms with E-state index in [9.17, 15) is 10.1 Å². The lowest BCUT2D eigenvalue weighted by molar-refractivity contribution is -0.384. The average Bonchev–Trinajstić information content (AvgIpc) is 2.63. The largest absolute Gasteiger partial charge is 0.378 e. The molecular weight excluding hydrogens is 332 g/mol. The highest BCUT2D eigenvalue weighted by atomic mass is 16.6. The van der Waals surface area contributed by atoms with Crippen molar-refractivity contribution in [2.45, 2.75) is 38.4 Å². The van der Waals surface area contributed by atoms with Gasteiger partial charge < -0.3 is 10.6 Å². The fourth-order valence-corrected chi connectivity index (χ4v) is 3.45. The molecule has 8 nitrogen and oxygen atoms in total. The highest BCUT2D eigenvalue weighted by Crippen LogP contribution is 2.26. The van der Waals surface area contributed by atoms with Crippen LogP contribution in [0.15, 0.2) is 36.5 Å². The van der Waals surface area contributed by atoms with Gasteiger partial charge in [0.15, 0.2) is 0 Å². The first-order valence-electron chi connectivity index (χ1n) is 8.73. The van der Waals surface area contributed by atoms with Gasteiger partial charge in [-0.2, -0.15) is 4.98 Å². The highest BCUT2D eigenvalue weighted by Gasteiger charge is 2.29. The molecule has 2 aromatic rings. The Morgan fingerprint density at radius 1 is 1.38 bits per heavy atom. The van der Waals surface area contributed by atoms with Crippen molar-refractivity contribution >= 4 is 17.5 Å². The second kappa shape index (κ2) is 7.65. The molecule has 3 rings (SSSR count). The molecule has 26 heavy (non-hydrogen) atoms. The van der Waals surface area contributed by atoms with Crippen LogP contribution in [0.3, 0.4) is 0 Å². The molecule has 2 N–H and O–H groups in total. The lowest BCUT2D eigenvalue weighted by Crippen LogP contribution is -2.48. The predicted octanol–water partition coefficient (Wildman–Crippen LogP) is 2.46. The van der Waals surface area contributed by atoms with E-state index in [1.54, 1.807) is 0 Å². The summed E-state index contributed by atoms with van der Waals surface area (Å²) in [5.41, 5.74) is 6.76. The van der Waals surface area contributed by atoms with Gasteiger partial charge in [-0.25, -0.2) is 4.98 Å². The summed E-state index contributed by atoms with van der Waals surface area (Å²) in [6.45, 7) is 4.15. The van der Waals surface area contributed by atoms with Crippen molar-refractivity contribution in [1.82, 2.24) is 14.9 Å². The van der Waals surface area contributed by atoms with Gasteiger partial charge in [-0.3, -0.25) is 15.0 Å². The Balaban J connectivity index is 1.64. The van der Waals surface area contributed by atoms with Crippen LogP contribution in [0.4, 0.5) is 17.5 Å². The van der Waals surface area contributed by atoms with Crippen LogP contribution in [0.5, 0.6) is 0 Å². The Kier molecular flexibility index (Phi) is 5.32. The molecule has 1 fully saturated rings. The molecule has 0 saturated carbocycles. The molecule has 1 aliphatic rings. The van der Waals surface area contributed by atoms with E-state index in [1.807, 2.05) is 18.0 Å². The minimum absolute atomic E-state index is 0.0959. The second-order valence-corrected chi connectivity index (χ2v) is 6.79. The smallest absolute Gasteiger partial charge is 0.329 e. The van der Waals surface area contributed by atoms with Crippen LogP contribution in [0.2, 0.25) is 0 Å². The van der Waals surface area contributed by atoms with Crippen LogP contribution < -0.4 is 10.6 Å². The number of benzene rings is 1. The molecule has 0 spiro atoms. The predicted molar refractivity (Wildman–Crippen MR) is 101 cm³/mol. The van der Waals surface area contributed by atoms with E-state index < -0.39 is 4.92 Å². The van der Waals surface area contributed by atoms with Crippen molar-refractivity contribution in [3.05, 3.63) is 52.2 Å². The quantitative estimate of drug-likeness (QED) is 0.648. The van der Waals surface area contributed by atoms with Gasteiger partial charge in [-0.15, -0.1) is 0 Å². The van der Waals surface area contributed by atoms with E-state index in [0.717, 1.165) is 25.9 Å². The number of nitrogens with two attached hydrogens (primary N) is 1. The summed E-state index contributed by atoms with van der Waals surface area (Å²) in [5, 5.41) is 10.9. The van der Waals surface area contributed by atoms with Crippen LogP contribution in [-0.4, -0.2) is 45.5 Å². The first-order chi connectivity index (χ1) is 12.5. The van der Waals surface area contributed by atoms with E-state index in [1.165, 1.54) is 11.8 Å². The first-order valence-corrected chi connectivity index (χ1v) is 8.73. The average molecular weight is 356 g/mol. The number of anilines is 2. The number of hydrogen-bond acceptors (Lipinski definition) is 7. The van der Waals surface area contributed by atoms with Crippen molar-refractivity contribution in [3.63, 3.8) is 0 Å². The Bertz CT molecular complexity index is 770. The zero-order valence-electron chi connectivity index (χ0n) is 15.1. The van der Waals surface area contributed by atoms with E-state index in [0.29, 0.717) is 12.0 Å². The minimum atomic E-state index is -0.566. The molecule has 0 amide bonds. The lowest BCUT2D eigenvalue weighted by Gasteiger charge is -2.41. The maximum atomic E-state index is 10.9. The molecule has 2 heterocycles. The fourth-order valence-electron chi connectivity index (χ4n) is 3.45. The van der Waals surface area contributed by atoms with Crippen molar-refractivity contribution in [1.29, 1.82) is 0 Å². The molecule has 0 radical (unpaired) electrons. The highest BCUT2D eigenvalue weighted by molar-refractivity contribution is 5.53. The number of piperidine rings is 1. The van der Waals surface area contributed by atoms with E-state index in [-0.39, 0.29) is 17.5 Å². The molecule has 1 aliphatic heterocycles. The molecule has 1 aromatic heterocycles.